The second kappa shape index (κ2) is 4.18. The van der Waals surface area contributed by atoms with E-state index in [4.69, 9.17) is 11.6 Å². The number of nitrogens with one attached hydrogen (secondary N) is 1. The smallest absolute Gasteiger partial charge is 0.207 e. The fourth-order valence-electron chi connectivity index (χ4n) is 1.60. The molecule has 1 aromatic heterocycles. The minimum Gasteiger partial charge on any atom is -0.325 e. The first kappa shape index (κ1) is 11.0. The second-order valence-corrected chi connectivity index (χ2v) is 4.26. The highest BCUT2D eigenvalue weighted by molar-refractivity contribution is 6.31. The van der Waals surface area contributed by atoms with Gasteiger partial charge in [0, 0.05) is 24.0 Å². The van der Waals surface area contributed by atoms with Crippen molar-refractivity contribution in [2.75, 3.05) is 5.32 Å². The maximum absolute atomic E-state index is 6.06. The third-order valence-corrected chi connectivity index (χ3v) is 2.92. The van der Waals surface area contributed by atoms with E-state index in [2.05, 4.69) is 10.3 Å². The van der Waals surface area contributed by atoms with E-state index in [1.54, 1.807) is 0 Å². The van der Waals surface area contributed by atoms with Crippen molar-refractivity contribution in [1.29, 1.82) is 0 Å². The minimum atomic E-state index is 0.760. The van der Waals surface area contributed by atoms with E-state index in [0.29, 0.717) is 0 Å². The first-order chi connectivity index (χ1) is 7.58. The zero-order valence-electron chi connectivity index (χ0n) is 9.58. The zero-order valence-corrected chi connectivity index (χ0v) is 10.3. The number of aryl methyl sites for hydroxylation is 2. The summed E-state index contributed by atoms with van der Waals surface area (Å²) in [5, 5.41) is 4.03. The Morgan fingerprint density at radius 3 is 2.69 bits per heavy atom. The zero-order chi connectivity index (χ0) is 11.7. The highest BCUT2D eigenvalue weighted by Gasteiger charge is 2.06. The van der Waals surface area contributed by atoms with Crippen molar-refractivity contribution in [1.82, 2.24) is 9.55 Å². The molecule has 3 nitrogen and oxygen atoms in total. The molecule has 1 heterocycles. The minimum absolute atomic E-state index is 0.760. The molecule has 0 aliphatic carbocycles. The average Bonchev–Trinajstić information content (AvgIpc) is 2.53. The van der Waals surface area contributed by atoms with Gasteiger partial charge in [-0.15, -0.1) is 0 Å². The molecule has 0 aliphatic heterocycles. The summed E-state index contributed by atoms with van der Waals surface area (Å²) in [6.45, 7) is 3.95. The van der Waals surface area contributed by atoms with Crippen LogP contribution in [0, 0.1) is 13.8 Å². The van der Waals surface area contributed by atoms with Crippen LogP contribution < -0.4 is 5.32 Å². The summed E-state index contributed by atoms with van der Waals surface area (Å²) < 4.78 is 1.95. The number of anilines is 2. The van der Waals surface area contributed by atoms with Gasteiger partial charge in [0.2, 0.25) is 5.95 Å². The highest BCUT2D eigenvalue weighted by atomic mass is 35.5. The lowest BCUT2D eigenvalue weighted by atomic mass is 10.2. The Morgan fingerprint density at radius 1 is 1.31 bits per heavy atom. The van der Waals surface area contributed by atoms with Crippen LogP contribution in [-0.2, 0) is 7.05 Å². The Hall–Kier alpha value is -1.48. The first-order valence-electron chi connectivity index (χ1n) is 5.10. The van der Waals surface area contributed by atoms with Crippen molar-refractivity contribution in [2.45, 2.75) is 13.8 Å². The fourth-order valence-corrected chi connectivity index (χ4v) is 1.77. The van der Waals surface area contributed by atoms with Gasteiger partial charge in [0.05, 0.1) is 5.69 Å². The summed E-state index contributed by atoms with van der Waals surface area (Å²) in [5.41, 5.74) is 3.01. The van der Waals surface area contributed by atoms with Gasteiger partial charge in [-0.2, -0.15) is 0 Å². The maximum atomic E-state index is 6.06. The molecule has 1 aromatic carbocycles. The molecule has 0 spiro atoms. The number of imidazole rings is 1. The fraction of sp³-hybridized carbons (Fsp3) is 0.250. The molecule has 0 amide bonds. The molecule has 0 atom stereocenters. The van der Waals surface area contributed by atoms with Gasteiger partial charge in [0.15, 0.2) is 0 Å². The lowest BCUT2D eigenvalue weighted by Gasteiger charge is -2.09. The van der Waals surface area contributed by atoms with E-state index in [0.717, 1.165) is 27.9 Å². The van der Waals surface area contributed by atoms with E-state index >= 15 is 0 Å². The van der Waals surface area contributed by atoms with E-state index in [1.165, 1.54) is 0 Å². The normalized spacial score (nSPS) is 10.5. The van der Waals surface area contributed by atoms with Crippen molar-refractivity contribution < 1.29 is 0 Å². The molecule has 2 rings (SSSR count). The van der Waals surface area contributed by atoms with Crippen LogP contribution in [-0.4, -0.2) is 9.55 Å². The topological polar surface area (TPSA) is 29.9 Å². The van der Waals surface area contributed by atoms with Crippen molar-refractivity contribution >= 4 is 23.2 Å². The van der Waals surface area contributed by atoms with E-state index in [-0.39, 0.29) is 0 Å². The Kier molecular flexibility index (Phi) is 2.88. The van der Waals surface area contributed by atoms with Crippen molar-refractivity contribution in [2.24, 2.45) is 7.05 Å². The molecular formula is C12H14ClN3. The third kappa shape index (κ3) is 2.04. The molecular weight excluding hydrogens is 222 g/mol. The number of aromatic nitrogens is 2. The molecule has 0 bridgehead atoms. The lowest BCUT2D eigenvalue weighted by molar-refractivity contribution is 0.923. The molecule has 0 saturated carbocycles. The summed E-state index contributed by atoms with van der Waals surface area (Å²) >= 11 is 6.06. The van der Waals surface area contributed by atoms with Crippen molar-refractivity contribution in [3.63, 3.8) is 0 Å². The summed E-state index contributed by atoms with van der Waals surface area (Å²) in [4.78, 5) is 4.39. The lowest BCUT2D eigenvalue weighted by Crippen LogP contribution is -2.00. The molecule has 0 unspecified atom stereocenters. The Balaban J connectivity index is 2.34. The summed E-state index contributed by atoms with van der Waals surface area (Å²) in [7, 11) is 1.96. The van der Waals surface area contributed by atoms with Gasteiger partial charge in [-0.25, -0.2) is 4.98 Å². The van der Waals surface area contributed by atoms with Gasteiger partial charge in [-0.3, -0.25) is 0 Å². The standard InChI is InChI=1S/C12H14ClN3/c1-8-7-16(3)12(14-8)15-11-6-4-5-10(13)9(11)2/h4-7H,1-3H3,(H,14,15). The summed E-state index contributed by atoms with van der Waals surface area (Å²) in [5.74, 6) is 0.822. The van der Waals surface area contributed by atoms with Crippen LogP contribution in [0.1, 0.15) is 11.3 Å². The summed E-state index contributed by atoms with van der Waals surface area (Å²) in [6, 6.07) is 5.80. The molecule has 84 valence electrons. The Labute approximate surface area is 100 Å². The monoisotopic (exact) mass is 235 g/mol. The summed E-state index contributed by atoms with van der Waals surface area (Å²) in [6.07, 6.45) is 1.97. The van der Waals surface area contributed by atoms with Crippen LogP contribution in [0.3, 0.4) is 0 Å². The van der Waals surface area contributed by atoms with E-state index in [9.17, 15) is 0 Å². The molecule has 4 heteroatoms. The highest BCUT2D eigenvalue weighted by Crippen LogP contribution is 2.25. The van der Waals surface area contributed by atoms with Gasteiger partial charge in [0.1, 0.15) is 0 Å². The van der Waals surface area contributed by atoms with Gasteiger partial charge < -0.3 is 9.88 Å². The Bertz CT molecular complexity index is 517. The van der Waals surface area contributed by atoms with Crippen LogP contribution in [0.25, 0.3) is 0 Å². The number of benzene rings is 1. The molecule has 16 heavy (non-hydrogen) atoms. The van der Waals surface area contributed by atoms with Gasteiger partial charge in [0.25, 0.3) is 0 Å². The molecule has 1 N–H and O–H groups in total. The number of rotatable bonds is 2. The molecule has 0 radical (unpaired) electrons. The molecule has 0 fully saturated rings. The number of hydrogen-bond acceptors (Lipinski definition) is 2. The average molecular weight is 236 g/mol. The molecule has 0 saturated heterocycles. The van der Waals surface area contributed by atoms with Crippen LogP contribution in [0.15, 0.2) is 24.4 Å². The number of nitrogens with zero attached hydrogens (tertiary/aromatic N) is 2. The van der Waals surface area contributed by atoms with Crippen LogP contribution in [0.5, 0.6) is 0 Å². The predicted molar refractivity (Wildman–Crippen MR) is 67.4 cm³/mol. The number of hydrogen-bond donors (Lipinski definition) is 1. The quantitative estimate of drug-likeness (QED) is 0.864. The van der Waals surface area contributed by atoms with Gasteiger partial charge >= 0.3 is 0 Å². The van der Waals surface area contributed by atoms with Gasteiger partial charge in [-0.1, -0.05) is 17.7 Å². The molecule has 0 aliphatic rings. The van der Waals surface area contributed by atoms with Crippen molar-refractivity contribution in [3.8, 4) is 0 Å². The largest absolute Gasteiger partial charge is 0.325 e. The number of halogens is 1. The van der Waals surface area contributed by atoms with Crippen molar-refractivity contribution in [3.05, 3.63) is 40.7 Å². The van der Waals surface area contributed by atoms with Gasteiger partial charge in [-0.05, 0) is 31.5 Å². The van der Waals surface area contributed by atoms with E-state index < -0.39 is 0 Å². The second-order valence-electron chi connectivity index (χ2n) is 3.85. The third-order valence-electron chi connectivity index (χ3n) is 2.51. The van der Waals surface area contributed by atoms with Crippen LogP contribution in [0.2, 0.25) is 5.02 Å². The van der Waals surface area contributed by atoms with E-state index in [1.807, 2.05) is 49.9 Å². The predicted octanol–water partition coefficient (Wildman–Crippen LogP) is 3.43. The first-order valence-corrected chi connectivity index (χ1v) is 5.48. The Morgan fingerprint density at radius 2 is 2.06 bits per heavy atom. The maximum Gasteiger partial charge on any atom is 0.207 e. The van der Waals surface area contributed by atoms with Crippen LogP contribution >= 0.6 is 11.6 Å². The SMILES string of the molecule is Cc1cn(C)c(Nc2cccc(Cl)c2C)n1. The molecule has 2 aromatic rings. The van der Waals surface area contributed by atoms with Crippen LogP contribution in [0.4, 0.5) is 11.6 Å².